The van der Waals surface area contributed by atoms with Crippen LogP contribution < -0.4 is 11.5 Å². The molecule has 0 aromatic carbocycles. The minimum absolute atomic E-state index is 0.0118. The molecule has 1 aliphatic carbocycles. The Labute approximate surface area is 98.2 Å². The first-order chi connectivity index (χ1) is 7.50. The van der Waals surface area contributed by atoms with Crippen molar-refractivity contribution >= 4 is 13.8 Å². The van der Waals surface area contributed by atoms with Crippen molar-refractivity contribution in [3.05, 3.63) is 0 Å². The molecule has 0 aliphatic heterocycles. The second-order valence-corrected chi connectivity index (χ2v) is 4.86. The smallest absolute Gasteiger partial charge is 0.323 e. The maximum absolute atomic E-state index is 11.3. The lowest BCUT2D eigenvalue weighted by Crippen LogP contribution is -2.53. The Kier molecular flexibility index (Phi) is 4.80. The molecular weight excluding hydrogens is 203 g/mol. The highest BCUT2D eigenvalue weighted by atomic mass is 16.4. The van der Waals surface area contributed by atoms with E-state index in [1.807, 2.05) is 0 Å². The van der Waals surface area contributed by atoms with Crippen LogP contribution in [0.15, 0.2) is 0 Å². The van der Waals surface area contributed by atoms with Crippen LogP contribution in [-0.4, -0.2) is 30.5 Å². The summed E-state index contributed by atoms with van der Waals surface area (Å²) in [6.45, 7) is 0. The molecule has 0 aromatic heterocycles. The number of rotatable bonds is 6. The Bertz CT molecular complexity index is 250. The maximum atomic E-state index is 11.3. The molecule has 0 heterocycles. The van der Waals surface area contributed by atoms with Gasteiger partial charge in [-0.05, 0) is 31.6 Å². The van der Waals surface area contributed by atoms with Crippen LogP contribution in [0, 0.1) is 5.92 Å². The first-order valence-electron chi connectivity index (χ1n) is 5.98. The Morgan fingerprint density at radius 1 is 1.44 bits per heavy atom. The van der Waals surface area contributed by atoms with Crippen LogP contribution in [0.25, 0.3) is 0 Å². The van der Waals surface area contributed by atoms with Gasteiger partial charge in [-0.2, -0.15) is 0 Å². The predicted octanol–water partition coefficient (Wildman–Crippen LogP) is 0.653. The molecule has 0 aromatic rings. The first-order valence-corrected chi connectivity index (χ1v) is 5.98. The summed E-state index contributed by atoms with van der Waals surface area (Å²) in [4.78, 5) is 11.3. The van der Waals surface area contributed by atoms with Crippen molar-refractivity contribution in [3.63, 3.8) is 0 Å². The average Bonchev–Trinajstić information content (AvgIpc) is 2.65. The molecule has 2 radical (unpaired) electrons. The average molecular weight is 224 g/mol. The van der Waals surface area contributed by atoms with Gasteiger partial charge >= 0.3 is 5.97 Å². The van der Waals surface area contributed by atoms with Crippen LogP contribution in [0.4, 0.5) is 0 Å². The summed E-state index contributed by atoms with van der Waals surface area (Å²) in [6, 6.07) is 0.113. The maximum Gasteiger partial charge on any atom is 0.323 e. The summed E-state index contributed by atoms with van der Waals surface area (Å²) in [7, 11) is 5.40. The van der Waals surface area contributed by atoms with Crippen molar-refractivity contribution in [1.82, 2.24) is 0 Å². The molecule has 5 N–H and O–H groups in total. The molecule has 0 saturated heterocycles. The highest BCUT2D eigenvalue weighted by Crippen LogP contribution is 2.35. The molecule has 4 nitrogen and oxygen atoms in total. The monoisotopic (exact) mass is 224 g/mol. The Morgan fingerprint density at radius 3 is 2.56 bits per heavy atom. The van der Waals surface area contributed by atoms with E-state index in [2.05, 4.69) is 0 Å². The number of carbonyl (C=O) groups is 1. The van der Waals surface area contributed by atoms with E-state index in [9.17, 15) is 9.90 Å². The molecule has 0 bridgehead atoms. The third-order valence-corrected chi connectivity index (χ3v) is 3.64. The number of unbranched alkanes of at least 4 members (excludes halogenated alkanes) is 1. The fourth-order valence-corrected chi connectivity index (χ4v) is 2.53. The van der Waals surface area contributed by atoms with Gasteiger partial charge in [0.05, 0.1) is 7.85 Å². The summed E-state index contributed by atoms with van der Waals surface area (Å²) in [5.74, 6) is -0.888. The SMILES string of the molecule is [B]CCCC[C@](N)(C(=O)O)C1CC[C@H](N)C1. The molecule has 1 rings (SSSR count). The topological polar surface area (TPSA) is 89.3 Å². The number of carboxylic acids is 1. The highest BCUT2D eigenvalue weighted by molar-refractivity contribution is 6.08. The summed E-state index contributed by atoms with van der Waals surface area (Å²) in [6.07, 6.45) is 5.11. The minimum Gasteiger partial charge on any atom is -0.480 e. The van der Waals surface area contributed by atoms with E-state index in [-0.39, 0.29) is 12.0 Å². The number of aliphatic carboxylic acids is 1. The second kappa shape index (κ2) is 5.68. The van der Waals surface area contributed by atoms with Crippen molar-refractivity contribution in [2.75, 3.05) is 0 Å². The molecule has 5 heteroatoms. The van der Waals surface area contributed by atoms with Crippen molar-refractivity contribution in [3.8, 4) is 0 Å². The highest BCUT2D eigenvalue weighted by Gasteiger charge is 2.44. The molecule has 16 heavy (non-hydrogen) atoms. The van der Waals surface area contributed by atoms with Crippen LogP contribution in [-0.2, 0) is 4.79 Å². The molecule has 90 valence electrons. The summed E-state index contributed by atoms with van der Waals surface area (Å²) in [5, 5.41) is 9.28. The standard InChI is InChI=1S/C11H21BN2O2/c12-6-2-1-5-11(14,10(15)16)8-3-4-9(13)7-8/h8-9H,1-7,13-14H2,(H,15,16)/t8?,9-,11+/m0/s1. The zero-order valence-electron chi connectivity index (χ0n) is 9.69. The molecule has 0 spiro atoms. The molecule has 1 saturated carbocycles. The van der Waals surface area contributed by atoms with Crippen molar-refractivity contribution < 1.29 is 9.90 Å². The molecule has 3 atom stereocenters. The number of hydrogen-bond donors (Lipinski definition) is 3. The van der Waals surface area contributed by atoms with Crippen LogP contribution in [0.5, 0.6) is 0 Å². The van der Waals surface area contributed by atoms with Gasteiger partial charge in [0.25, 0.3) is 0 Å². The van der Waals surface area contributed by atoms with E-state index in [1.54, 1.807) is 0 Å². The quantitative estimate of drug-likeness (QED) is 0.456. The lowest BCUT2D eigenvalue weighted by atomic mass is 9.79. The molecule has 1 fully saturated rings. The van der Waals surface area contributed by atoms with Gasteiger partial charge < -0.3 is 16.6 Å². The van der Waals surface area contributed by atoms with Gasteiger partial charge in [-0.15, -0.1) is 0 Å². The van der Waals surface area contributed by atoms with Gasteiger partial charge in [-0.25, -0.2) is 0 Å². The zero-order valence-corrected chi connectivity index (χ0v) is 9.69. The predicted molar refractivity (Wildman–Crippen MR) is 64.3 cm³/mol. The molecule has 1 aliphatic rings. The third kappa shape index (κ3) is 2.98. The van der Waals surface area contributed by atoms with E-state index in [4.69, 9.17) is 19.3 Å². The van der Waals surface area contributed by atoms with Crippen LogP contribution in [0.3, 0.4) is 0 Å². The van der Waals surface area contributed by atoms with Crippen molar-refractivity contribution in [2.45, 2.75) is 56.4 Å². The van der Waals surface area contributed by atoms with Crippen LogP contribution in [0.1, 0.15) is 38.5 Å². The summed E-state index contributed by atoms with van der Waals surface area (Å²) in [5.41, 5.74) is 10.8. The Hall–Kier alpha value is -0.545. The second-order valence-electron chi connectivity index (χ2n) is 4.86. The summed E-state index contributed by atoms with van der Waals surface area (Å²) < 4.78 is 0. The largest absolute Gasteiger partial charge is 0.480 e. The fourth-order valence-electron chi connectivity index (χ4n) is 2.53. The van der Waals surface area contributed by atoms with Gasteiger partial charge in [0.2, 0.25) is 0 Å². The third-order valence-electron chi connectivity index (χ3n) is 3.64. The van der Waals surface area contributed by atoms with Gasteiger partial charge in [0.15, 0.2) is 0 Å². The molecule has 1 unspecified atom stereocenters. The zero-order chi connectivity index (χ0) is 12.2. The van der Waals surface area contributed by atoms with E-state index in [1.165, 1.54) is 0 Å². The van der Waals surface area contributed by atoms with E-state index in [0.29, 0.717) is 12.7 Å². The lowest BCUT2D eigenvalue weighted by molar-refractivity contribution is -0.146. The van der Waals surface area contributed by atoms with Gasteiger partial charge in [-0.1, -0.05) is 19.2 Å². The van der Waals surface area contributed by atoms with Gasteiger partial charge in [-0.3, -0.25) is 4.79 Å². The normalized spacial score (nSPS) is 28.9. The van der Waals surface area contributed by atoms with Crippen LogP contribution >= 0.6 is 0 Å². The van der Waals surface area contributed by atoms with E-state index in [0.717, 1.165) is 32.1 Å². The molecule has 0 amide bonds. The molecular formula is C11H21BN2O2. The van der Waals surface area contributed by atoms with E-state index < -0.39 is 11.5 Å². The van der Waals surface area contributed by atoms with Crippen molar-refractivity contribution in [1.29, 1.82) is 0 Å². The lowest BCUT2D eigenvalue weighted by Gasteiger charge is -2.31. The minimum atomic E-state index is -1.11. The summed E-state index contributed by atoms with van der Waals surface area (Å²) >= 11 is 0. The van der Waals surface area contributed by atoms with Gasteiger partial charge in [0.1, 0.15) is 5.54 Å². The number of carboxylic acid groups (broad SMARTS) is 1. The number of hydrogen-bond acceptors (Lipinski definition) is 3. The number of nitrogens with two attached hydrogens (primary N) is 2. The Morgan fingerprint density at radius 2 is 2.12 bits per heavy atom. The fraction of sp³-hybridized carbons (Fsp3) is 0.909. The Balaban J connectivity index is 2.60. The van der Waals surface area contributed by atoms with Gasteiger partial charge in [0, 0.05) is 6.04 Å². The van der Waals surface area contributed by atoms with Crippen LogP contribution in [0.2, 0.25) is 6.32 Å². The first kappa shape index (κ1) is 13.5. The van der Waals surface area contributed by atoms with Crippen molar-refractivity contribution in [2.24, 2.45) is 17.4 Å². The van der Waals surface area contributed by atoms with E-state index >= 15 is 0 Å².